The molecule has 4 saturated heterocycles. The fraction of sp³-hybridized carbons (Fsp3) is 0.488. The summed E-state index contributed by atoms with van der Waals surface area (Å²) in [4.78, 5) is 29.5. The largest absolute Gasteiger partial charge is 0.468 e. The molecule has 4 aliphatic heterocycles. The summed E-state index contributed by atoms with van der Waals surface area (Å²) in [5.74, 6) is 2.22. The zero-order valence-corrected chi connectivity index (χ0v) is 30.7. The van der Waals surface area contributed by atoms with Crippen molar-refractivity contribution in [2.24, 2.45) is 0 Å². The minimum atomic E-state index is -0.620. The van der Waals surface area contributed by atoms with Crippen LogP contribution < -0.4 is 14.4 Å². The van der Waals surface area contributed by atoms with Crippen LogP contribution in [0.1, 0.15) is 64.9 Å². The van der Waals surface area contributed by atoms with Crippen molar-refractivity contribution in [3.8, 4) is 35.2 Å². The standard InChI is InChI=1S/C41H45F2N5O5/c1-6-29-33(42)14-9-25-19-28(52-24-50-5)20-32(34(25)29)30-12-13-31-36(35(30)43)44-38(51-23-41-15-7-17-47(41)18-8-16-41)45-37(31)46-21-26-10-11-27(22-46)48(26)39(49)53-40(2,3)4/h1,9,12-14,19-20,26-27H,7-8,10-11,15-18,21-24H2,2-5H3/t26-,27+. The lowest BCUT2D eigenvalue weighted by Gasteiger charge is -2.42. The Morgan fingerprint density at radius 1 is 1.00 bits per heavy atom. The van der Waals surface area contributed by atoms with Crippen LogP contribution in [-0.4, -0.2) is 95.8 Å². The Balaban J connectivity index is 1.24. The van der Waals surface area contributed by atoms with E-state index in [2.05, 4.69) is 15.7 Å². The Bertz CT molecular complexity index is 2110. The summed E-state index contributed by atoms with van der Waals surface area (Å²) < 4.78 is 55.6. The van der Waals surface area contributed by atoms with Crippen LogP contribution in [0.15, 0.2) is 36.4 Å². The van der Waals surface area contributed by atoms with Crippen molar-refractivity contribution in [1.29, 1.82) is 0 Å². The highest BCUT2D eigenvalue weighted by Crippen LogP contribution is 2.43. The maximum absolute atomic E-state index is 17.3. The first-order valence-electron chi connectivity index (χ1n) is 18.5. The van der Waals surface area contributed by atoms with Gasteiger partial charge in [-0.1, -0.05) is 18.1 Å². The number of nitrogens with zero attached hydrogens (tertiary/aromatic N) is 5. The van der Waals surface area contributed by atoms with Crippen molar-refractivity contribution in [1.82, 2.24) is 19.8 Å². The molecule has 8 rings (SSSR count). The summed E-state index contributed by atoms with van der Waals surface area (Å²) in [6.45, 7) is 9.05. The van der Waals surface area contributed by atoms with Crippen LogP contribution in [0.2, 0.25) is 0 Å². The number of carbonyl (C=O) groups excluding carboxylic acids is 1. The molecule has 2 bridgehead atoms. The number of benzene rings is 3. The number of carbonyl (C=O) groups is 1. The first-order valence-corrected chi connectivity index (χ1v) is 18.5. The summed E-state index contributed by atoms with van der Waals surface area (Å²) in [7, 11) is 1.51. The lowest BCUT2D eigenvalue weighted by atomic mass is 9.93. The quantitative estimate of drug-likeness (QED) is 0.137. The molecule has 5 heterocycles. The molecule has 0 spiro atoms. The van der Waals surface area contributed by atoms with Gasteiger partial charge < -0.3 is 23.8 Å². The predicted octanol–water partition coefficient (Wildman–Crippen LogP) is 7.29. The fourth-order valence-corrected chi connectivity index (χ4v) is 8.96. The van der Waals surface area contributed by atoms with Gasteiger partial charge in [-0.05, 0) is 108 Å². The lowest BCUT2D eigenvalue weighted by molar-refractivity contribution is 0.0122. The molecule has 4 aromatic rings. The molecule has 0 saturated carbocycles. The maximum Gasteiger partial charge on any atom is 0.410 e. The molecular formula is C41H45F2N5O5. The molecule has 0 aliphatic carbocycles. The summed E-state index contributed by atoms with van der Waals surface area (Å²) in [5, 5.41) is 1.48. The van der Waals surface area contributed by atoms with Gasteiger partial charge >= 0.3 is 12.1 Å². The van der Waals surface area contributed by atoms with Gasteiger partial charge in [-0.25, -0.2) is 13.6 Å². The molecule has 1 aromatic heterocycles. The first-order chi connectivity index (χ1) is 25.5. The van der Waals surface area contributed by atoms with Crippen molar-refractivity contribution in [3.05, 3.63) is 53.6 Å². The third-order valence-corrected chi connectivity index (χ3v) is 11.3. The van der Waals surface area contributed by atoms with Gasteiger partial charge in [-0.3, -0.25) is 9.80 Å². The summed E-state index contributed by atoms with van der Waals surface area (Å²) in [6, 6.07) is 9.63. The minimum Gasteiger partial charge on any atom is -0.468 e. The second-order valence-corrected chi connectivity index (χ2v) is 15.7. The van der Waals surface area contributed by atoms with Gasteiger partial charge in [-0.2, -0.15) is 9.97 Å². The molecule has 0 unspecified atom stereocenters. The zero-order chi connectivity index (χ0) is 37.1. The average Bonchev–Trinajstić information content (AvgIpc) is 3.79. The molecule has 278 valence electrons. The van der Waals surface area contributed by atoms with E-state index in [9.17, 15) is 4.79 Å². The Morgan fingerprint density at radius 3 is 2.42 bits per heavy atom. The van der Waals surface area contributed by atoms with Crippen LogP contribution in [0.5, 0.6) is 11.8 Å². The molecule has 3 aromatic carbocycles. The van der Waals surface area contributed by atoms with Crippen LogP contribution in [0.3, 0.4) is 0 Å². The first kappa shape index (κ1) is 35.3. The van der Waals surface area contributed by atoms with Gasteiger partial charge in [0.1, 0.15) is 35.1 Å². The highest BCUT2D eigenvalue weighted by molar-refractivity contribution is 6.04. The van der Waals surface area contributed by atoms with Crippen molar-refractivity contribution in [3.63, 3.8) is 0 Å². The van der Waals surface area contributed by atoms with Crippen LogP contribution in [0.4, 0.5) is 19.4 Å². The van der Waals surface area contributed by atoms with Crippen molar-refractivity contribution < 1.29 is 32.5 Å². The van der Waals surface area contributed by atoms with Gasteiger partial charge in [0.15, 0.2) is 12.6 Å². The second kappa shape index (κ2) is 13.6. The molecular weight excluding hydrogens is 680 g/mol. The fourth-order valence-electron chi connectivity index (χ4n) is 8.96. The summed E-state index contributed by atoms with van der Waals surface area (Å²) >= 11 is 0. The van der Waals surface area contributed by atoms with E-state index in [1.54, 1.807) is 30.3 Å². The van der Waals surface area contributed by atoms with Crippen molar-refractivity contribution in [2.45, 2.75) is 82.5 Å². The number of rotatable bonds is 8. The van der Waals surface area contributed by atoms with E-state index in [1.807, 2.05) is 25.7 Å². The van der Waals surface area contributed by atoms with Gasteiger partial charge in [0.05, 0.1) is 23.2 Å². The molecule has 10 nitrogen and oxygen atoms in total. The highest BCUT2D eigenvalue weighted by atomic mass is 19.1. The van der Waals surface area contributed by atoms with E-state index in [0.717, 1.165) is 51.6 Å². The maximum atomic E-state index is 17.3. The predicted molar refractivity (Wildman–Crippen MR) is 198 cm³/mol. The monoisotopic (exact) mass is 725 g/mol. The molecule has 4 fully saturated rings. The van der Waals surface area contributed by atoms with Crippen LogP contribution in [-0.2, 0) is 9.47 Å². The third-order valence-electron chi connectivity index (χ3n) is 11.3. The Kier molecular flexibility index (Phi) is 9.06. The summed E-state index contributed by atoms with van der Waals surface area (Å²) in [5.41, 5.74) is -0.0506. The smallest absolute Gasteiger partial charge is 0.410 e. The molecule has 0 N–H and O–H groups in total. The second-order valence-electron chi connectivity index (χ2n) is 15.7. The number of fused-ring (bicyclic) bond motifs is 5. The molecule has 1 amide bonds. The number of anilines is 1. The number of hydrogen-bond acceptors (Lipinski definition) is 9. The zero-order valence-electron chi connectivity index (χ0n) is 30.7. The van der Waals surface area contributed by atoms with Crippen LogP contribution in [0, 0.1) is 24.0 Å². The Morgan fingerprint density at radius 2 is 1.74 bits per heavy atom. The van der Waals surface area contributed by atoms with Gasteiger partial charge in [0.2, 0.25) is 0 Å². The Hall–Kier alpha value is -4.73. The highest BCUT2D eigenvalue weighted by Gasteiger charge is 2.46. The van der Waals surface area contributed by atoms with Gasteiger partial charge in [0.25, 0.3) is 0 Å². The molecule has 2 atom stereocenters. The molecule has 53 heavy (non-hydrogen) atoms. The number of halogens is 2. The average molecular weight is 726 g/mol. The van der Waals surface area contributed by atoms with Gasteiger partial charge in [0, 0.05) is 36.5 Å². The number of piperazine rings is 1. The topological polar surface area (TPSA) is 89.5 Å². The number of terminal acetylenes is 1. The number of aromatic nitrogens is 2. The number of hydrogen-bond donors (Lipinski definition) is 0. The van der Waals surface area contributed by atoms with E-state index >= 15 is 8.78 Å². The van der Waals surface area contributed by atoms with Crippen molar-refractivity contribution in [2.75, 3.05) is 51.6 Å². The summed E-state index contributed by atoms with van der Waals surface area (Å²) in [6.07, 6.45) is 11.4. The number of amides is 1. The molecule has 0 radical (unpaired) electrons. The van der Waals surface area contributed by atoms with Crippen LogP contribution in [0.25, 0.3) is 32.8 Å². The Labute approximate surface area is 308 Å². The third kappa shape index (κ3) is 6.38. The van der Waals surface area contributed by atoms with E-state index < -0.39 is 17.2 Å². The molecule has 4 aliphatic rings. The van der Waals surface area contributed by atoms with E-state index in [4.69, 9.17) is 35.3 Å². The SMILES string of the molecule is C#Cc1c(F)ccc2cc(OCOC)cc(-c3ccc4c(N5C[C@H]6CC[C@@H](C5)N6C(=O)OC(C)(C)C)nc(OCC56CCCN5CCC6)nc4c3F)c12. The molecule has 12 heteroatoms. The van der Waals surface area contributed by atoms with E-state index in [-0.39, 0.29) is 53.2 Å². The van der Waals surface area contributed by atoms with Crippen molar-refractivity contribution >= 4 is 33.6 Å². The van der Waals surface area contributed by atoms with E-state index in [1.165, 1.54) is 13.2 Å². The van der Waals surface area contributed by atoms with Gasteiger partial charge in [-0.15, -0.1) is 6.42 Å². The number of ether oxygens (including phenoxy) is 4. The van der Waals surface area contributed by atoms with Crippen LogP contribution >= 0.6 is 0 Å². The minimum absolute atomic E-state index is 0.0259. The van der Waals surface area contributed by atoms with E-state index in [0.29, 0.717) is 53.0 Å². The normalized spacial score (nSPS) is 20.9. The number of methoxy groups -OCH3 is 1. The lowest BCUT2D eigenvalue weighted by Crippen LogP contribution is -2.57.